The Balaban J connectivity index is 2.76. The van der Waals surface area contributed by atoms with E-state index in [1.807, 2.05) is 13.8 Å². The zero-order chi connectivity index (χ0) is 10.6. The molecule has 0 bridgehead atoms. The predicted octanol–water partition coefficient (Wildman–Crippen LogP) is 2.78. The van der Waals surface area contributed by atoms with Crippen molar-refractivity contribution in [3.63, 3.8) is 0 Å². The highest BCUT2D eigenvalue weighted by molar-refractivity contribution is 6.34. The van der Waals surface area contributed by atoms with E-state index >= 15 is 0 Å². The second-order valence-electron chi connectivity index (χ2n) is 3.09. The molecule has 0 atom stereocenters. The van der Waals surface area contributed by atoms with Crippen molar-refractivity contribution in [2.24, 2.45) is 0 Å². The number of anilines is 1. The number of rotatable bonds is 3. The first-order valence-electron chi connectivity index (χ1n) is 4.56. The van der Waals surface area contributed by atoms with E-state index in [1.165, 1.54) is 0 Å². The van der Waals surface area contributed by atoms with Crippen LogP contribution in [0.5, 0.6) is 0 Å². The summed E-state index contributed by atoms with van der Waals surface area (Å²) < 4.78 is 0. The molecule has 14 heavy (non-hydrogen) atoms. The number of nitrogens with zero attached hydrogens (tertiary/aromatic N) is 1. The molecule has 0 aromatic carbocycles. The molecule has 0 aliphatic heterocycles. The van der Waals surface area contributed by atoms with E-state index in [1.54, 1.807) is 12.3 Å². The highest BCUT2D eigenvalue weighted by Gasteiger charge is 2.07. The van der Waals surface area contributed by atoms with Gasteiger partial charge in [0, 0.05) is 12.6 Å². The van der Waals surface area contributed by atoms with Gasteiger partial charge in [-0.15, -0.1) is 0 Å². The molecule has 0 saturated carbocycles. The molecule has 1 heterocycles. The third-order valence-electron chi connectivity index (χ3n) is 1.82. The van der Waals surface area contributed by atoms with Gasteiger partial charge in [-0.3, -0.25) is 4.79 Å². The molecular weight excluding hydrogens is 200 g/mol. The fourth-order valence-corrected chi connectivity index (χ4v) is 1.21. The van der Waals surface area contributed by atoms with E-state index in [4.69, 9.17) is 11.6 Å². The molecule has 0 unspecified atom stereocenters. The molecule has 0 aliphatic carbocycles. The van der Waals surface area contributed by atoms with Crippen LogP contribution in [0, 0.1) is 6.92 Å². The van der Waals surface area contributed by atoms with E-state index in [0.717, 1.165) is 12.0 Å². The lowest BCUT2D eigenvalue weighted by Crippen LogP contribution is -2.12. The Morgan fingerprint density at radius 3 is 3.00 bits per heavy atom. The molecule has 1 rings (SSSR count). The lowest BCUT2D eigenvalue weighted by molar-refractivity contribution is -0.116. The molecule has 4 heteroatoms. The maximum Gasteiger partial charge on any atom is 0.225 e. The lowest BCUT2D eigenvalue weighted by atomic mass is 10.3. The van der Waals surface area contributed by atoms with Crippen LogP contribution in [0.3, 0.4) is 0 Å². The average Bonchev–Trinajstić information content (AvgIpc) is 2.13. The Morgan fingerprint density at radius 1 is 1.64 bits per heavy atom. The number of nitrogens with one attached hydrogen (secondary N) is 1. The summed E-state index contributed by atoms with van der Waals surface area (Å²) in [5.41, 5.74) is 0.911. The Labute approximate surface area is 88.5 Å². The van der Waals surface area contributed by atoms with Crippen molar-refractivity contribution < 1.29 is 4.79 Å². The summed E-state index contributed by atoms with van der Waals surface area (Å²) in [4.78, 5) is 15.3. The highest BCUT2D eigenvalue weighted by Crippen LogP contribution is 2.22. The molecule has 0 saturated heterocycles. The van der Waals surface area contributed by atoms with Gasteiger partial charge in [0.15, 0.2) is 5.82 Å². The van der Waals surface area contributed by atoms with Gasteiger partial charge in [-0.25, -0.2) is 4.98 Å². The quantitative estimate of drug-likeness (QED) is 0.837. The van der Waals surface area contributed by atoms with Crippen LogP contribution in [-0.2, 0) is 4.79 Å². The first kappa shape index (κ1) is 11.0. The van der Waals surface area contributed by atoms with Crippen molar-refractivity contribution in [3.05, 3.63) is 22.8 Å². The maximum atomic E-state index is 11.3. The van der Waals surface area contributed by atoms with Gasteiger partial charge in [-0.1, -0.05) is 18.5 Å². The van der Waals surface area contributed by atoms with Crippen LogP contribution in [-0.4, -0.2) is 10.9 Å². The number of aromatic nitrogens is 1. The van der Waals surface area contributed by atoms with Crippen LogP contribution in [0.25, 0.3) is 0 Å². The third-order valence-corrected chi connectivity index (χ3v) is 2.29. The summed E-state index contributed by atoms with van der Waals surface area (Å²) in [7, 11) is 0. The van der Waals surface area contributed by atoms with Crippen LogP contribution in [0.1, 0.15) is 25.3 Å². The number of aryl methyl sites for hydroxylation is 1. The topological polar surface area (TPSA) is 42.0 Å². The molecule has 1 N–H and O–H groups in total. The van der Waals surface area contributed by atoms with E-state index in [2.05, 4.69) is 10.3 Å². The summed E-state index contributed by atoms with van der Waals surface area (Å²) in [6.07, 6.45) is 2.93. The van der Waals surface area contributed by atoms with E-state index < -0.39 is 0 Å². The van der Waals surface area contributed by atoms with Crippen molar-refractivity contribution in [3.8, 4) is 0 Å². The monoisotopic (exact) mass is 212 g/mol. The number of hydrogen-bond donors (Lipinski definition) is 1. The van der Waals surface area contributed by atoms with Crippen molar-refractivity contribution in [1.82, 2.24) is 4.98 Å². The van der Waals surface area contributed by atoms with Crippen LogP contribution < -0.4 is 5.32 Å². The SMILES string of the molecule is CCCC(=O)Nc1nccc(C)c1Cl. The van der Waals surface area contributed by atoms with Gasteiger partial charge in [0.25, 0.3) is 0 Å². The second-order valence-corrected chi connectivity index (χ2v) is 3.47. The molecule has 1 aromatic heterocycles. The predicted molar refractivity (Wildman–Crippen MR) is 57.5 cm³/mol. The Morgan fingerprint density at radius 2 is 2.36 bits per heavy atom. The molecule has 1 aromatic rings. The molecule has 0 radical (unpaired) electrons. The molecule has 0 fully saturated rings. The van der Waals surface area contributed by atoms with Gasteiger partial charge >= 0.3 is 0 Å². The van der Waals surface area contributed by atoms with Gasteiger partial charge < -0.3 is 5.32 Å². The van der Waals surface area contributed by atoms with Gasteiger partial charge in [0.2, 0.25) is 5.91 Å². The number of carbonyl (C=O) groups is 1. The van der Waals surface area contributed by atoms with Crippen molar-refractivity contribution in [1.29, 1.82) is 0 Å². The lowest BCUT2D eigenvalue weighted by Gasteiger charge is -2.06. The molecule has 0 spiro atoms. The first-order chi connectivity index (χ1) is 6.65. The summed E-state index contributed by atoms with van der Waals surface area (Å²) >= 11 is 5.96. The van der Waals surface area contributed by atoms with Gasteiger partial charge in [0.05, 0.1) is 5.02 Å². The highest BCUT2D eigenvalue weighted by atomic mass is 35.5. The van der Waals surface area contributed by atoms with E-state index in [-0.39, 0.29) is 5.91 Å². The molecule has 76 valence electrons. The standard InChI is InChI=1S/C10H13ClN2O/c1-3-4-8(14)13-10-9(11)7(2)5-6-12-10/h5-6H,3-4H2,1-2H3,(H,12,13,14). The van der Waals surface area contributed by atoms with Crippen LogP contribution in [0.2, 0.25) is 5.02 Å². The van der Waals surface area contributed by atoms with E-state index in [9.17, 15) is 4.79 Å². The zero-order valence-electron chi connectivity index (χ0n) is 8.30. The molecular formula is C10H13ClN2O. The Bertz CT molecular complexity index is 339. The summed E-state index contributed by atoms with van der Waals surface area (Å²) in [6.45, 7) is 3.82. The van der Waals surface area contributed by atoms with E-state index in [0.29, 0.717) is 17.3 Å². The molecule has 1 amide bonds. The van der Waals surface area contributed by atoms with Crippen LogP contribution >= 0.6 is 11.6 Å². The largest absolute Gasteiger partial charge is 0.309 e. The van der Waals surface area contributed by atoms with Crippen molar-refractivity contribution in [2.75, 3.05) is 5.32 Å². The molecule has 0 aliphatic rings. The minimum Gasteiger partial charge on any atom is -0.309 e. The molecule has 3 nitrogen and oxygen atoms in total. The Hall–Kier alpha value is -1.09. The average molecular weight is 213 g/mol. The third kappa shape index (κ3) is 2.70. The van der Waals surface area contributed by atoms with Gasteiger partial charge in [-0.2, -0.15) is 0 Å². The summed E-state index contributed by atoms with van der Waals surface area (Å²) in [6, 6.07) is 1.80. The Kier molecular flexibility index (Phi) is 3.89. The van der Waals surface area contributed by atoms with Crippen LogP contribution in [0.4, 0.5) is 5.82 Å². The number of carbonyl (C=O) groups excluding carboxylic acids is 1. The summed E-state index contributed by atoms with van der Waals surface area (Å²) in [5, 5.41) is 3.18. The number of hydrogen-bond acceptors (Lipinski definition) is 2. The first-order valence-corrected chi connectivity index (χ1v) is 4.94. The second kappa shape index (κ2) is 4.96. The van der Waals surface area contributed by atoms with Crippen LogP contribution in [0.15, 0.2) is 12.3 Å². The van der Waals surface area contributed by atoms with Gasteiger partial charge in [-0.05, 0) is 25.0 Å². The van der Waals surface area contributed by atoms with Crippen molar-refractivity contribution in [2.45, 2.75) is 26.7 Å². The normalized spacial score (nSPS) is 9.93. The summed E-state index contributed by atoms with van der Waals surface area (Å²) in [5.74, 6) is 0.401. The minimum atomic E-state index is -0.0486. The zero-order valence-corrected chi connectivity index (χ0v) is 9.06. The number of halogens is 1. The smallest absolute Gasteiger partial charge is 0.225 e. The van der Waals surface area contributed by atoms with Crippen molar-refractivity contribution >= 4 is 23.3 Å². The number of amides is 1. The fourth-order valence-electron chi connectivity index (χ4n) is 1.05. The number of pyridine rings is 1. The fraction of sp³-hybridized carbons (Fsp3) is 0.400. The maximum absolute atomic E-state index is 11.3. The minimum absolute atomic E-state index is 0.0486. The van der Waals surface area contributed by atoms with Gasteiger partial charge in [0.1, 0.15) is 0 Å².